The number of carbonyl (C=O) groups is 1. The predicted molar refractivity (Wildman–Crippen MR) is 91.8 cm³/mol. The molecule has 1 heterocycles. The van der Waals surface area contributed by atoms with Crippen molar-refractivity contribution in [1.82, 2.24) is 10.6 Å². The van der Waals surface area contributed by atoms with Crippen LogP contribution in [-0.2, 0) is 11.2 Å². The number of hydrogen-bond donors (Lipinski definition) is 2. The molecule has 1 aromatic rings. The number of methoxy groups -OCH3 is 1. The third kappa shape index (κ3) is 4.70. The van der Waals surface area contributed by atoms with E-state index in [0.717, 1.165) is 43.5 Å². The van der Waals surface area contributed by atoms with Crippen molar-refractivity contribution < 1.29 is 9.53 Å². The van der Waals surface area contributed by atoms with Crippen LogP contribution in [-0.4, -0.2) is 39.3 Å². The Morgan fingerprint density at radius 2 is 2.00 bits per heavy atom. The summed E-state index contributed by atoms with van der Waals surface area (Å²) in [5.74, 6) is 0.0291. The molecule has 4 nitrogen and oxygen atoms in total. The first-order valence-corrected chi connectivity index (χ1v) is 7.76. The fraction of sp³-hybridized carbons (Fsp3) is 0.588. The van der Waals surface area contributed by atoms with Gasteiger partial charge < -0.3 is 15.4 Å². The molecule has 124 valence electrons. The molecule has 0 saturated carbocycles. The first kappa shape index (κ1) is 18.9. The molecule has 1 saturated heterocycles. The number of ether oxygens (including phenoxy) is 1. The highest BCUT2D eigenvalue weighted by Gasteiger charge is 2.32. The Bertz CT molecular complexity index is 468. The third-order valence-electron chi connectivity index (χ3n) is 4.38. The molecule has 0 radical (unpaired) electrons. The molecule has 1 aliphatic rings. The van der Waals surface area contributed by atoms with Gasteiger partial charge in [0.25, 0.3) is 5.91 Å². The summed E-state index contributed by atoms with van der Waals surface area (Å²) in [6, 6.07) is 7.82. The van der Waals surface area contributed by atoms with Crippen LogP contribution >= 0.6 is 12.4 Å². The second kappa shape index (κ2) is 9.13. The van der Waals surface area contributed by atoms with E-state index in [1.54, 1.807) is 7.11 Å². The number of halogens is 1. The standard InChI is InChI=1S/C17H26N2O2.ClH/c1-3-14-6-4-5-7-15(14)16(20)19-12-17(13-21-2)8-10-18-11-9-17;/h4-7,18H,3,8-13H2,1-2H3,(H,19,20);1H. The van der Waals surface area contributed by atoms with Gasteiger partial charge in [0.15, 0.2) is 0 Å². The maximum atomic E-state index is 12.4. The average Bonchev–Trinajstić information content (AvgIpc) is 2.54. The zero-order valence-corrected chi connectivity index (χ0v) is 14.3. The van der Waals surface area contributed by atoms with Crippen LogP contribution in [0.25, 0.3) is 0 Å². The van der Waals surface area contributed by atoms with E-state index < -0.39 is 0 Å². The average molecular weight is 327 g/mol. The van der Waals surface area contributed by atoms with E-state index in [2.05, 4.69) is 17.6 Å². The summed E-state index contributed by atoms with van der Waals surface area (Å²) in [6.45, 7) is 5.44. The molecular weight excluding hydrogens is 300 g/mol. The smallest absolute Gasteiger partial charge is 0.251 e. The zero-order valence-electron chi connectivity index (χ0n) is 13.5. The summed E-state index contributed by atoms with van der Waals surface area (Å²) >= 11 is 0. The minimum absolute atomic E-state index is 0. The van der Waals surface area contributed by atoms with E-state index in [4.69, 9.17) is 4.74 Å². The van der Waals surface area contributed by atoms with Gasteiger partial charge in [0.05, 0.1) is 6.61 Å². The first-order chi connectivity index (χ1) is 10.2. The van der Waals surface area contributed by atoms with Crippen molar-refractivity contribution >= 4 is 18.3 Å². The highest BCUT2D eigenvalue weighted by Crippen LogP contribution is 2.28. The largest absolute Gasteiger partial charge is 0.384 e. The fourth-order valence-electron chi connectivity index (χ4n) is 3.05. The number of nitrogens with one attached hydrogen (secondary N) is 2. The number of hydrogen-bond acceptors (Lipinski definition) is 3. The first-order valence-electron chi connectivity index (χ1n) is 7.76. The molecule has 1 aromatic carbocycles. The Hall–Kier alpha value is -1.10. The quantitative estimate of drug-likeness (QED) is 0.844. The maximum Gasteiger partial charge on any atom is 0.251 e. The topological polar surface area (TPSA) is 50.4 Å². The number of benzene rings is 1. The Labute approximate surface area is 139 Å². The van der Waals surface area contributed by atoms with Gasteiger partial charge in [0.2, 0.25) is 0 Å². The summed E-state index contributed by atoms with van der Waals surface area (Å²) in [4.78, 5) is 12.4. The lowest BCUT2D eigenvalue weighted by atomic mass is 9.79. The molecule has 0 aromatic heterocycles. The lowest BCUT2D eigenvalue weighted by Crippen LogP contribution is -2.47. The molecule has 0 atom stereocenters. The van der Waals surface area contributed by atoms with Crippen molar-refractivity contribution in [2.24, 2.45) is 5.41 Å². The molecule has 2 N–H and O–H groups in total. The van der Waals surface area contributed by atoms with Crippen LogP contribution in [0.5, 0.6) is 0 Å². The van der Waals surface area contributed by atoms with Gasteiger partial charge in [-0.2, -0.15) is 0 Å². The maximum absolute atomic E-state index is 12.4. The molecule has 0 aliphatic carbocycles. The van der Waals surface area contributed by atoms with Crippen molar-refractivity contribution in [3.63, 3.8) is 0 Å². The summed E-state index contributed by atoms with van der Waals surface area (Å²) in [6.07, 6.45) is 2.95. The minimum Gasteiger partial charge on any atom is -0.384 e. The van der Waals surface area contributed by atoms with Crippen LogP contribution in [0.4, 0.5) is 0 Å². The fourth-order valence-corrected chi connectivity index (χ4v) is 3.05. The third-order valence-corrected chi connectivity index (χ3v) is 4.38. The van der Waals surface area contributed by atoms with Gasteiger partial charge >= 0.3 is 0 Å². The van der Waals surface area contributed by atoms with Crippen LogP contribution in [0.3, 0.4) is 0 Å². The van der Waals surface area contributed by atoms with Crippen molar-refractivity contribution in [2.45, 2.75) is 26.2 Å². The number of carbonyl (C=O) groups excluding carboxylic acids is 1. The van der Waals surface area contributed by atoms with E-state index in [1.807, 2.05) is 24.3 Å². The predicted octanol–water partition coefficient (Wildman–Crippen LogP) is 2.42. The molecule has 0 unspecified atom stereocenters. The van der Waals surface area contributed by atoms with Gasteiger partial charge in [0, 0.05) is 24.6 Å². The van der Waals surface area contributed by atoms with Crippen LogP contribution < -0.4 is 10.6 Å². The summed E-state index contributed by atoms with van der Waals surface area (Å²) in [5, 5.41) is 6.49. The van der Waals surface area contributed by atoms with Crippen LogP contribution in [0.1, 0.15) is 35.7 Å². The Morgan fingerprint density at radius 1 is 1.32 bits per heavy atom. The highest BCUT2D eigenvalue weighted by molar-refractivity contribution is 5.95. The van der Waals surface area contributed by atoms with Gasteiger partial charge in [-0.25, -0.2) is 0 Å². The normalized spacial score (nSPS) is 16.6. The molecule has 1 fully saturated rings. The van der Waals surface area contributed by atoms with Crippen molar-refractivity contribution in [1.29, 1.82) is 0 Å². The van der Waals surface area contributed by atoms with Crippen molar-refractivity contribution in [3.05, 3.63) is 35.4 Å². The Kier molecular flexibility index (Phi) is 7.87. The minimum atomic E-state index is 0. The van der Waals surface area contributed by atoms with E-state index >= 15 is 0 Å². The lowest BCUT2D eigenvalue weighted by molar-refractivity contribution is 0.0511. The SMILES string of the molecule is CCc1ccccc1C(=O)NCC1(COC)CCNCC1.Cl. The summed E-state index contributed by atoms with van der Waals surface area (Å²) < 4.78 is 5.39. The number of aryl methyl sites for hydroxylation is 1. The van der Waals surface area contributed by atoms with Gasteiger partial charge in [-0.05, 0) is 44.0 Å². The molecule has 22 heavy (non-hydrogen) atoms. The lowest BCUT2D eigenvalue weighted by Gasteiger charge is -2.37. The van der Waals surface area contributed by atoms with Crippen molar-refractivity contribution in [2.75, 3.05) is 33.4 Å². The van der Waals surface area contributed by atoms with Gasteiger partial charge in [-0.3, -0.25) is 4.79 Å². The number of amides is 1. The van der Waals surface area contributed by atoms with Gasteiger partial charge in [-0.1, -0.05) is 25.1 Å². The molecule has 5 heteroatoms. The Morgan fingerprint density at radius 3 is 2.64 bits per heavy atom. The van der Waals surface area contributed by atoms with E-state index in [0.29, 0.717) is 13.2 Å². The Balaban J connectivity index is 0.00000242. The van der Waals surface area contributed by atoms with E-state index in [1.165, 1.54) is 0 Å². The molecular formula is C17H27ClN2O2. The van der Waals surface area contributed by atoms with Crippen molar-refractivity contribution in [3.8, 4) is 0 Å². The number of piperidine rings is 1. The van der Waals surface area contributed by atoms with E-state index in [9.17, 15) is 4.79 Å². The van der Waals surface area contributed by atoms with E-state index in [-0.39, 0.29) is 23.7 Å². The second-order valence-corrected chi connectivity index (χ2v) is 5.88. The summed E-state index contributed by atoms with van der Waals surface area (Å²) in [7, 11) is 1.73. The molecule has 0 spiro atoms. The van der Waals surface area contributed by atoms with Gasteiger partial charge in [-0.15, -0.1) is 12.4 Å². The van der Waals surface area contributed by atoms with Gasteiger partial charge in [0.1, 0.15) is 0 Å². The molecule has 0 bridgehead atoms. The molecule has 1 amide bonds. The molecule has 2 rings (SSSR count). The van der Waals surface area contributed by atoms with Crippen LogP contribution in [0.2, 0.25) is 0 Å². The highest BCUT2D eigenvalue weighted by atomic mass is 35.5. The molecule has 1 aliphatic heterocycles. The zero-order chi connectivity index (χ0) is 15.1. The van der Waals surface area contributed by atoms with Crippen LogP contribution in [0.15, 0.2) is 24.3 Å². The monoisotopic (exact) mass is 326 g/mol. The second-order valence-electron chi connectivity index (χ2n) is 5.88. The summed E-state index contributed by atoms with van der Waals surface area (Å²) in [5.41, 5.74) is 1.96. The number of rotatable bonds is 6. The van der Waals surface area contributed by atoms with Crippen LogP contribution in [0, 0.1) is 5.41 Å².